The number of furan rings is 1. The Morgan fingerprint density at radius 1 is 0.586 bits per heavy atom. The van der Waals surface area contributed by atoms with Gasteiger partial charge in [-0.15, -0.1) is 0 Å². The molecule has 0 atom stereocenters. The van der Waals surface area contributed by atoms with Crippen LogP contribution in [-0.4, -0.2) is 0 Å². The van der Waals surface area contributed by atoms with E-state index in [2.05, 4.69) is 90.7 Å². The van der Waals surface area contributed by atoms with Crippen LogP contribution in [0.4, 0.5) is 17.1 Å². The number of para-hydroxylation sites is 2. The normalized spacial score (nSPS) is 10.9. The molecule has 0 saturated heterocycles. The first-order valence-electron chi connectivity index (χ1n) is 9.64. The predicted molar refractivity (Wildman–Crippen MR) is 121 cm³/mol. The molecule has 4 aromatic carbocycles. The van der Waals surface area contributed by atoms with Crippen molar-refractivity contribution >= 4 is 28.0 Å². The molecule has 0 amide bonds. The molecule has 2 heteroatoms. The van der Waals surface area contributed by atoms with E-state index in [9.17, 15) is 0 Å². The number of hydrogen-bond donors (Lipinski definition) is 0. The van der Waals surface area contributed by atoms with Crippen LogP contribution in [0.3, 0.4) is 0 Å². The average molecular weight is 374 g/mol. The lowest BCUT2D eigenvalue weighted by molar-refractivity contribution is 0.631. The number of nitrogens with zero attached hydrogens (tertiary/aromatic N) is 1. The highest BCUT2D eigenvalue weighted by Crippen LogP contribution is 2.36. The van der Waals surface area contributed by atoms with E-state index in [1.54, 1.807) is 0 Å². The van der Waals surface area contributed by atoms with Gasteiger partial charge in [0.2, 0.25) is 0 Å². The quantitative estimate of drug-likeness (QED) is 0.320. The summed E-state index contributed by atoms with van der Waals surface area (Å²) in [5.74, 6) is 0.864. The van der Waals surface area contributed by atoms with Crippen LogP contribution in [0, 0.1) is 6.92 Å². The molecule has 1 heterocycles. The number of benzene rings is 4. The van der Waals surface area contributed by atoms with Crippen molar-refractivity contribution in [3.63, 3.8) is 0 Å². The summed E-state index contributed by atoms with van der Waals surface area (Å²) in [6.07, 6.45) is 0. The number of rotatable bonds is 4. The van der Waals surface area contributed by atoms with Crippen LogP contribution in [-0.2, 0) is 0 Å². The number of fused-ring (bicyclic) bond motifs is 1. The van der Waals surface area contributed by atoms with Crippen molar-refractivity contribution in [3.05, 3.63) is 122 Å². The van der Waals surface area contributed by atoms with Crippen LogP contribution in [0.1, 0.15) is 5.56 Å². The Kier molecular flexibility index (Phi) is 4.38. The van der Waals surface area contributed by atoms with E-state index >= 15 is 0 Å². The summed E-state index contributed by atoms with van der Waals surface area (Å²) in [7, 11) is 0. The van der Waals surface area contributed by atoms with Crippen LogP contribution in [0.15, 0.2) is 114 Å². The highest BCUT2D eigenvalue weighted by atomic mass is 16.3. The van der Waals surface area contributed by atoms with Crippen LogP contribution in [0.2, 0.25) is 0 Å². The van der Waals surface area contributed by atoms with Gasteiger partial charge in [0.05, 0.1) is 0 Å². The third kappa shape index (κ3) is 3.41. The fourth-order valence-corrected chi connectivity index (χ4v) is 3.59. The number of hydrogen-bond acceptors (Lipinski definition) is 2. The van der Waals surface area contributed by atoms with E-state index in [1.165, 1.54) is 0 Å². The van der Waals surface area contributed by atoms with Gasteiger partial charge >= 0.3 is 0 Å². The number of anilines is 3. The molecule has 0 bridgehead atoms. The van der Waals surface area contributed by atoms with Gasteiger partial charge in [0.25, 0.3) is 0 Å². The Bertz CT molecular complexity index is 1200. The molecule has 1 aromatic heterocycles. The molecular weight excluding hydrogens is 354 g/mol. The largest absolute Gasteiger partial charge is 0.456 e. The minimum Gasteiger partial charge on any atom is -0.456 e. The summed E-state index contributed by atoms with van der Waals surface area (Å²) in [6, 6.07) is 37.4. The van der Waals surface area contributed by atoms with Gasteiger partial charge in [-0.25, -0.2) is 0 Å². The van der Waals surface area contributed by atoms with Gasteiger partial charge in [-0.2, -0.15) is 0 Å². The van der Waals surface area contributed by atoms with E-state index in [4.69, 9.17) is 4.42 Å². The van der Waals surface area contributed by atoms with Gasteiger partial charge in [0, 0.05) is 28.0 Å². The topological polar surface area (TPSA) is 16.4 Å². The molecule has 0 saturated carbocycles. The molecule has 5 aromatic rings. The van der Waals surface area contributed by atoms with Crippen molar-refractivity contribution in [1.29, 1.82) is 0 Å². The molecule has 139 valence electrons. The highest BCUT2D eigenvalue weighted by Gasteiger charge is 2.13. The first-order valence-corrected chi connectivity index (χ1v) is 9.64. The Labute approximate surface area is 170 Å². The average Bonchev–Trinajstić information content (AvgIpc) is 3.19. The second-order valence-electron chi connectivity index (χ2n) is 7.04. The van der Waals surface area contributed by atoms with E-state index < -0.39 is 0 Å². The second kappa shape index (κ2) is 7.33. The van der Waals surface area contributed by atoms with Crippen molar-refractivity contribution in [2.24, 2.45) is 0 Å². The molecule has 5 rings (SSSR count). The van der Waals surface area contributed by atoms with Crippen LogP contribution in [0.25, 0.3) is 22.3 Å². The van der Waals surface area contributed by atoms with Crippen molar-refractivity contribution in [1.82, 2.24) is 0 Å². The first kappa shape index (κ1) is 17.3. The molecule has 0 aliphatic heterocycles. The molecule has 29 heavy (non-hydrogen) atoms. The summed E-state index contributed by atoms with van der Waals surface area (Å²) in [5, 5.41) is 1.09. The Balaban J connectivity index is 1.54. The maximum absolute atomic E-state index is 6.05. The van der Waals surface area contributed by atoms with Crippen molar-refractivity contribution in [2.75, 3.05) is 4.90 Å². The zero-order valence-electron chi connectivity index (χ0n) is 16.0. The van der Waals surface area contributed by atoms with Crippen molar-refractivity contribution in [3.8, 4) is 11.3 Å². The fourth-order valence-electron chi connectivity index (χ4n) is 3.59. The maximum atomic E-state index is 6.05. The predicted octanol–water partition coefficient (Wildman–Crippen LogP) is 7.75. The lowest BCUT2D eigenvalue weighted by Crippen LogP contribution is -2.09. The summed E-state index contributed by atoms with van der Waals surface area (Å²) < 4.78 is 6.05. The summed E-state index contributed by atoms with van der Waals surface area (Å²) in [4.78, 5) is 2.25. The monoisotopic (exact) mass is 374 g/mol. The molecule has 0 spiro atoms. The Hall–Kier alpha value is -3.78. The van der Waals surface area contributed by atoms with Gasteiger partial charge in [-0.05, 0) is 73.2 Å². The minimum absolute atomic E-state index is 0.864. The SMILES string of the molecule is [CH2]c1ccc2cc(-c3ccc(N(c4ccccc4)c4ccccc4)cc3)oc2c1. The smallest absolute Gasteiger partial charge is 0.135 e. The minimum atomic E-state index is 0.864. The zero-order valence-corrected chi connectivity index (χ0v) is 16.0. The molecule has 1 radical (unpaired) electrons. The van der Waals surface area contributed by atoms with Crippen LogP contribution >= 0.6 is 0 Å². The van der Waals surface area contributed by atoms with Crippen molar-refractivity contribution in [2.45, 2.75) is 0 Å². The van der Waals surface area contributed by atoms with E-state index in [0.29, 0.717) is 0 Å². The Morgan fingerprint density at radius 3 is 1.79 bits per heavy atom. The summed E-state index contributed by atoms with van der Waals surface area (Å²) >= 11 is 0. The van der Waals surface area contributed by atoms with E-state index in [1.807, 2.05) is 30.3 Å². The molecule has 0 aliphatic carbocycles. The third-order valence-corrected chi connectivity index (χ3v) is 5.02. The van der Waals surface area contributed by atoms with Crippen molar-refractivity contribution < 1.29 is 4.42 Å². The van der Waals surface area contributed by atoms with E-state index in [-0.39, 0.29) is 0 Å². The maximum Gasteiger partial charge on any atom is 0.135 e. The summed E-state index contributed by atoms with van der Waals surface area (Å²) in [5.41, 5.74) is 6.22. The standard InChI is InChI=1S/C27H20NO/c1-20-12-13-22-19-27(29-26(22)18-20)21-14-16-25(17-15-21)28(23-8-4-2-5-9-23)24-10-6-3-7-11-24/h2-19H,1H2. The van der Waals surface area contributed by atoms with Gasteiger partial charge < -0.3 is 9.32 Å². The Morgan fingerprint density at radius 2 is 1.17 bits per heavy atom. The molecular formula is C27H20NO. The van der Waals surface area contributed by atoms with Gasteiger partial charge in [-0.1, -0.05) is 48.5 Å². The molecule has 0 fully saturated rings. The van der Waals surface area contributed by atoms with Crippen LogP contribution in [0.5, 0.6) is 0 Å². The summed E-state index contributed by atoms with van der Waals surface area (Å²) in [6.45, 7) is 3.98. The first-order chi connectivity index (χ1) is 14.3. The lowest BCUT2D eigenvalue weighted by Gasteiger charge is -2.25. The lowest BCUT2D eigenvalue weighted by atomic mass is 10.1. The van der Waals surface area contributed by atoms with Gasteiger partial charge in [-0.3, -0.25) is 0 Å². The third-order valence-electron chi connectivity index (χ3n) is 5.02. The molecule has 0 aliphatic rings. The van der Waals surface area contributed by atoms with E-state index in [0.717, 1.165) is 44.9 Å². The molecule has 0 unspecified atom stereocenters. The van der Waals surface area contributed by atoms with Gasteiger partial charge in [0.1, 0.15) is 11.3 Å². The molecule has 0 N–H and O–H groups in total. The second-order valence-corrected chi connectivity index (χ2v) is 7.04. The zero-order chi connectivity index (χ0) is 19.6. The van der Waals surface area contributed by atoms with Crippen LogP contribution < -0.4 is 4.90 Å². The molecule has 2 nitrogen and oxygen atoms in total. The fraction of sp³-hybridized carbons (Fsp3) is 0. The highest BCUT2D eigenvalue weighted by molar-refractivity contribution is 5.84. The van der Waals surface area contributed by atoms with Gasteiger partial charge in [0.15, 0.2) is 0 Å².